The Hall–Kier alpha value is -4.47. The highest BCUT2D eigenvalue weighted by Gasteiger charge is 2.53. The van der Waals surface area contributed by atoms with Gasteiger partial charge >= 0.3 is 0 Å². The van der Waals surface area contributed by atoms with Crippen molar-refractivity contribution < 1.29 is 33.1 Å². The summed E-state index contributed by atoms with van der Waals surface area (Å²) in [6.07, 6.45) is 0.323. The normalized spacial score (nSPS) is 24.8. The largest absolute Gasteiger partial charge is 0.497 e. The molecule has 0 aliphatic carbocycles. The Bertz CT molecular complexity index is 1570. The summed E-state index contributed by atoms with van der Waals surface area (Å²) >= 11 is 0. The lowest BCUT2D eigenvalue weighted by molar-refractivity contribution is -0.128. The Morgan fingerprint density at radius 3 is 2.26 bits per heavy atom. The molecule has 0 radical (unpaired) electrons. The molecule has 0 bridgehead atoms. The highest BCUT2D eigenvalue weighted by molar-refractivity contribution is 6.10. The van der Waals surface area contributed by atoms with E-state index in [0.717, 1.165) is 5.56 Å². The van der Waals surface area contributed by atoms with Gasteiger partial charge in [-0.05, 0) is 47.9 Å². The zero-order valence-electron chi connectivity index (χ0n) is 20.9. The van der Waals surface area contributed by atoms with Crippen molar-refractivity contribution in [2.45, 2.75) is 43.6 Å². The first kappa shape index (κ1) is 23.9. The molecule has 3 aliphatic rings. The molecular formula is C28H25N3O7. The van der Waals surface area contributed by atoms with E-state index in [9.17, 15) is 24.0 Å². The second-order valence-electron chi connectivity index (χ2n) is 10.2. The molecule has 2 atom stereocenters. The molecule has 10 nitrogen and oxygen atoms in total. The molecule has 5 amide bonds. The van der Waals surface area contributed by atoms with Crippen LogP contribution >= 0.6 is 0 Å². The number of carbonyl (C=O) groups is 5. The number of fused-ring (bicyclic) bond motifs is 2. The Morgan fingerprint density at radius 1 is 0.921 bits per heavy atom. The minimum Gasteiger partial charge on any atom is -0.497 e. The maximum atomic E-state index is 13.3. The summed E-state index contributed by atoms with van der Waals surface area (Å²) in [6.45, 7) is 2.09. The number of furan rings is 1. The van der Waals surface area contributed by atoms with Crippen LogP contribution in [0.1, 0.15) is 53.4 Å². The van der Waals surface area contributed by atoms with E-state index in [1.807, 2.05) is 13.0 Å². The molecule has 4 heterocycles. The number of hydrogen-bond acceptors (Lipinski definition) is 7. The van der Waals surface area contributed by atoms with Crippen LogP contribution in [-0.2, 0) is 36.6 Å². The predicted molar refractivity (Wildman–Crippen MR) is 133 cm³/mol. The fraction of sp³-hybridized carbons (Fsp3) is 0.321. The SMILES string of the molecule is CCC1(c2ccc3oc([C@]4(CN5Cc6ccc(OC)cc6C5=O)CC(=O)NC4=O)cc3c2)CC(=O)NC1=O. The molecule has 1 aromatic heterocycles. The van der Waals surface area contributed by atoms with Gasteiger partial charge in [0.1, 0.15) is 22.5 Å². The standard InChI is InChI=1S/C28H25N3O7/c1-3-27(11-22(32)29-25(27)35)17-5-7-20-16(8-17)9-21(38-20)28(12-23(33)30-26(28)36)14-31-13-15-4-6-18(37-2)10-19(15)24(31)34/h4-10H,3,11-14H2,1-2H3,(H,29,32,35)(H,30,33,36)/t27?,28-/m1/s1. The number of methoxy groups -OCH3 is 1. The monoisotopic (exact) mass is 515 g/mol. The Labute approximate surface area is 217 Å². The first-order valence-electron chi connectivity index (χ1n) is 12.4. The topological polar surface area (TPSA) is 135 Å². The van der Waals surface area contributed by atoms with Crippen LogP contribution in [0.15, 0.2) is 46.9 Å². The number of imide groups is 2. The third-order valence-electron chi connectivity index (χ3n) is 8.10. The second kappa shape index (κ2) is 8.27. The molecule has 3 aromatic rings. The first-order chi connectivity index (χ1) is 18.2. The number of rotatable bonds is 6. The number of ether oxygens (including phenoxy) is 1. The van der Waals surface area contributed by atoms with Crippen molar-refractivity contribution in [3.05, 3.63) is 64.9 Å². The highest BCUT2D eigenvalue weighted by atomic mass is 16.5. The minimum atomic E-state index is -1.42. The molecule has 6 rings (SSSR count). The van der Waals surface area contributed by atoms with Crippen LogP contribution < -0.4 is 15.4 Å². The molecule has 3 aliphatic heterocycles. The molecule has 38 heavy (non-hydrogen) atoms. The highest BCUT2D eigenvalue weighted by Crippen LogP contribution is 2.41. The van der Waals surface area contributed by atoms with E-state index in [4.69, 9.17) is 9.15 Å². The average Bonchev–Trinajstić information content (AvgIpc) is 3.62. The van der Waals surface area contributed by atoms with Crippen LogP contribution in [0.25, 0.3) is 11.0 Å². The van der Waals surface area contributed by atoms with Crippen LogP contribution in [0.5, 0.6) is 5.75 Å². The molecule has 0 saturated carbocycles. The van der Waals surface area contributed by atoms with E-state index in [2.05, 4.69) is 10.6 Å². The summed E-state index contributed by atoms with van der Waals surface area (Å²) in [7, 11) is 1.52. The van der Waals surface area contributed by atoms with Gasteiger partial charge in [-0.3, -0.25) is 34.6 Å². The zero-order chi connectivity index (χ0) is 26.8. The van der Waals surface area contributed by atoms with E-state index < -0.39 is 22.6 Å². The van der Waals surface area contributed by atoms with E-state index in [-0.39, 0.29) is 49.4 Å². The summed E-state index contributed by atoms with van der Waals surface area (Å²) in [5.74, 6) is -1.09. The van der Waals surface area contributed by atoms with Crippen molar-refractivity contribution in [2.75, 3.05) is 13.7 Å². The maximum absolute atomic E-state index is 13.3. The first-order valence-corrected chi connectivity index (χ1v) is 12.4. The fourth-order valence-electron chi connectivity index (χ4n) is 5.91. The molecule has 1 unspecified atom stereocenters. The zero-order valence-corrected chi connectivity index (χ0v) is 20.9. The minimum absolute atomic E-state index is 0.0527. The van der Waals surface area contributed by atoms with Gasteiger partial charge in [0, 0.05) is 30.5 Å². The van der Waals surface area contributed by atoms with Crippen molar-refractivity contribution >= 4 is 40.5 Å². The van der Waals surface area contributed by atoms with Gasteiger partial charge in [-0.1, -0.05) is 19.1 Å². The summed E-state index contributed by atoms with van der Waals surface area (Å²) < 4.78 is 11.4. The van der Waals surface area contributed by atoms with Gasteiger partial charge in [0.05, 0.1) is 18.9 Å². The van der Waals surface area contributed by atoms with Gasteiger partial charge in [-0.15, -0.1) is 0 Å². The van der Waals surface area contributed by atoms with E-state index in [0.29, 0.717) is 34.3 Å². The number of carbonyl (C=O) groups excluding carboxylic acids is 5. The molecule has 10 heteroatoms. The number of nitrogens with one attached hydrogen (secondary N) is 2. The number of amides is 5. The third kappa shape index (κ3) is 3.36. The van der Waals surface area contributed by atoms with Crippen LogP contribution in [0.2, 0.25) is 0 Å². The van der Waals surface area contributed by atoms with Crippen molar-refractivity contribution in [3.8, 4) is 5.75 Å². The van der Waals surface area contributed by atoms with Crippen LogP contribution in [0.4, 0.5) is 0 Å². The second-order valence-corrected chi connectivity index (χ2v) is 10.2. The summed E-state index contributed by atoms with van der Waals surface area (Å²) in [5, 5.41) is 5.40. The van der Waals surface area contributed by atoms with Crippen molar-refractivity contribution in [2.24, 2.45) is 0 Å². The van der Waals surface area contributed by atoms with Crippen molar-refractivity contribution in [1.29, 1.82) is 0 Å². The predicted octanol–water partition coefficient (Wildman–Crippen LogP) is 2.08. The van der Waals surface area contributed by atoms with Gasteiger partial charge in [0.25, 0.3) is 5.91 Å². The molecule has 0 spiro atoms. The maximum Gasteiger partial charge on any atom is 0.254 e. The molecule has 194 valence electrons. The van der Waals surface area contributed by atoms with Crippen molar-refractivity contribution in [3.63, 3.8) is 0 Å². The van der Waals surface area contributed by atoms with Crippen LogP contribution in [0.3, 0.4) is 0 Å². The lowest BCUT2D eigenvalue weighted by Gasteiger charge is -2.28. The molecule has 2 fully saturated rings. The molecule has 2 N–H and O–H groups in total. The molecule has 2 saturated heterocycles. The number of hydrogen-bond donors (Lipinski definition) is 2. The lowest BCUT2D eigenvalue weighted by Crippen LogP contribution is -2.46. The average molecular weight is 516 g/mol. The smallest absolute Gasteiger partial charge is 0.254 e. The fourth-order valence-corrected chi connectivity index (χ4v) is 5.91. The van der Waals surface area contributed by atoms with Crippen molar-refractivity contribution in [1.82, 2.24) is 15.5 Å². The Morgan fingerprint density at radius 2 is 1.63 bits per heavy atom. The summed E-state index contributed by atoms with van der Waals surface area (Å²) in [4.78, 5) is 65.2. The van der Waals surface area contributed by atoms with E-state index in [1.54, 1.807) is 41.3 Å². The van der Waals surface area contributed by atoms with Crippen LogP contribution in [-0.4, -0.2) is 48.1 Å². The van der Waals surface area contributed by atoms with Gasteiger partial charge in [0.2, 0.25) is 23.6 Å². The van der Waals surface area contributed by atoms with E-state index in [1.165, 1.54) is 7.11 Å². The quantitative estimate of drug-likeness (QED) is 0.480. The van der Waals surface area contributed by atoms with Crippen LogP contribution in [0, 0.1) is 0 Å². The Balaban J connectivity index is 1.39. The Kier molecular flexibility index (Phi) is 5.20. The van der Waals surface area contributed by atoms with Gasteiger partial charge < -0.3 is 14.1 Å². The number of nitrogens with zero attached hydrogens (tertiary/aromatic N) is 1. The summed E-state index contributed by atoms with van der Waals surface area (Å²) in [6, 6.07) is 12.2. The van der Waals surface area contributed by atoms with Gasteiger partial charge in [-0.2, -0.15) is 0 Å². The third-order valence-corrected chi connectivity index (χ3v) is 8.10. The number of benzene rings is 2. The molecular weight excluding hydrogens is 490 g/mol. The summed E-state index contributed by atoms with van der Waals surface area (Å²) in [5.41, 5.74) is 0.0409. The van der Waals surface area contributed by atoms with Gasteiger partial charge in [-0.25, -0.2) is 0 Å². The molecule has 2 aromatic carbocycles. The van der Waals surface area contributed by atoms with Gasteiger partial charge in [0.15, 0.2) is 0 Å². The lowest BCUT2D eigenvalue weighted by atomic mass is 9.76. The van der Waals surface area contributed by atoms with E-state index >= 15 is 0 Å².